The first kappa shape index (κ1) is 15.5. The van der Waals surface area contributed by atoms with Crippen molar-refractivity contribution in [3.8, 4) is 28.7 Å². The van der Waals surface area contributed by atoms with Crippen LogP contribution in [0.1, 0.15) is 19.3 Å². The Morgan fingerprint density at radius 2 is 2.16 bits per heavy atom. The van der Waals surface area contributed by atoms with E-state index in [4.69, 9.17) is 4.74 Å². The molecule has 0 radical (unpaired) electrons. The molecular formula is C17H16FN5O2. The first-order valence-electron chi connectivity index (χ1n) is 8.03. The second-order valence-electron chi connectivity index (χ2n) is 5.90. The lowest BCUT2D eigenvalue weighted by Gasteiger charge is -2.13. The number of phenolic OH excluding ortho intramolecular Hbond substituents is 1. The number of hydrogen-bond donors (Lipinski definition) is 1. The minimum atomic E-state index is -0.983. The van der Waals surface area contributed by atoms with E-state index in [1.807, 2.05) is 6.07 Å². The number of rotatable bonds is 4. The lowest BCUT2D eigenvalue weighted by Crippen LogP contribution is -2.23. The number of aromatic hydroxyl groups is 1. The van der Waals surface area contributed by atoms with Gasteiger partial charge in [-0.25, -0.2) is 14.4 Å². The van der Waals surface area contributed by atoms with Gasteiger partial charge in [0, 0.05) is 24.0 Å². The van der Waals surface area contributed by atoms with Crippen LogP contribution in [-0.4, -0.2) is 42.1 Å². The van der Waals surface area contributed by atoms with Gasteiger partial charge in [-0.1, -0.05) is 5.10 Å². The van der Waals surface area contributed by atoms with Gasteiger partial charge in [0.1, 0.15) is 23.7 Å². The number of imidazole rings is 1. The second kappa shape index (κ2) is 6.46. The molecular weight excluding hydrogens is 325 g/mol. The van der Waals surface area contributed by atoms with Crippen LogP contribution in [0.3, 0.4) is 0 Å². The topological polar surface area (TPSA) is 86.0 Å². The molecule has 3 aromatic rings. The third-order valence-corrected chi connectivity index (χ3v) is 4.23. The average molecular weight is 341 g/mol. The summed E-state index contributed by atoms with van der Waals surface area (Å²) in [5, 5.41) is 18.2. The molecule has 1 saturated carbocycles. The monoisotopic (exact) mass is 341 g/mol. The van der Waals surface area contributed by atoms with Crippen molar-refractivity contribution in [2.24, 2.45) is 0 Å². The Balaban J connectivity index is 1.53. The fourth-order valence-corrected chi connectivity index (χ4v) is 2.90. The number of benzene rings is 1. The highest BCUT2D eigenvalue weighted by Crippen LogP contribution is 2.30. The maximum atomic E-state index is 13.6. The number of nitrogens with zero attached hydrogens (tertiary/aromatic N) is 5. The number of hydrogen-bond acceptors (Lipinski definition) is 6. The van der Waals surface area contributed by atoms with Gasteiger partial charge >= 0.3 is 6.01 Å². The summed E-state index contributed by atoms with van der Waals surface area (Å²) in [6.45, 7) is 0. The lowest BCUT2D eigenvalue weighted by atomic mass is 10.1. The van der Waals surface area contributed by atoms with Gasteiger partial charge in [0.15, 0.2) is 0 Å². The Labute approximate surface area is 143 Å². The summed E-state index contributed by atoms with van der Waals surface area (Å²) in [5.74, 6) is 0.0515. The minimum absolute atomic E-state index is 0.0489. The van der Waals surface area contributed by atoms with Gasteiger partial charge in [0.2, 0.25) is 0 Å². The summed E-state index contributed by atoms with van der Waals surface area (Å²) in [6, 6.07) is 5.21. The van der Waals surface area contributed by atoms with Crippen LogP contribution in [0.25, 0.3) is 16.9 Å². The van der Waals surface area contributed by atoms with Crippen LogP contribution in [0.4, 0.5) is 4.39 Å². The third kappa shape index (κ3) is 3.15. The molecule has 7 nitrogen and oxygen atoms in total. The van der Waals surface area contributed by atoms with Crippen molar-refractivity contribution < 1.29 is 14.2 Å². The van der Waals surface area contributed by atoms with Gasteiger partial charge in [0.25, 0.3) is 0 Å². The molecule has 0 spiro atoms. The molecule has 0 bridgehead atoms. The predicted octanol–water partition coefficient (Wildman–Crippen LogP) is 2.70. The predicted molar refractivity (Wildman–Crippen MR) is 87.2 cm³/mol. The van der Waals surface area contributed by atoms with Gasteiger partial charge in [0.05, 0.1) is 18.2 Å². The Hall–Kier alpha value is -3.03. The molecule has 2 aromatic heterocycles. The van der Waals surface area contributed by atoms with Crippen LogP contribution < -0.4 is 4.74 Å². The molecule has 8 heteroatoms. The highest BCUT2D eigenvalue weighted by Gasteiger charge is 2.29. The van der Waals surface area contributed by atoms with Crippen molar-refractivity contribution in [2.75, 3.05) is 0 Å². The van der Waals surface area contributed by atoms with E-state index in [0.717, 1.165) is 12.1 Å². The van der Waals surface area contributed by atoms with E-state index in [1.54, 1.807) is 35.4 Å². The van der Waals surface area contributed by atoms with Crippen molar-refractivity contribution >= 4 is 0 Å². The summed E-state index contributed by atoms with van der Waals surface area (Å²) < 4.78 is 20.8. The largest absolute Gasteiger partial charge is 0.507 e. The molecule has 128 valence electrons. The number of halogens is 1. The van der Waals surface area contributed by atoms with Gasteiger partial charge < -0.3 is 14.4 Å². The highest BCUT2D eigenvalue weighted by molar-refractivity contribution is 5.67. The van der Waals surface area contributed by atoms with Crippen LogP contribution in [0.15, 0.2) is 43.1 Å². The van der Waals surface area contributed by atoms with Gasteiger partial charge in [-0.15, -0.1) is 5.10 Å². The minimum Gasteiger partial charge on any atom is -0.507 e. The Morgan fingerprint density at radius 1 is 1.24 bits per heavy atom. The fraction of sp³-hybridized carbons (Fsp3) is 0.294. The van der Waals surface area contributed by atoms with Crippen LogP contribution >= 0.6 is 0 Å². The number of phenols is 1. The molecule has 1 aliphatic carbocycles. The van der Waals surface area contributed by atoms with Crippen LogP contribution in [0, 0.1) is 0 Å². The summed E-state index contributed by atoms with van der Waals surface area (Å²) in [5.41, 5.74) is 1.68. The first-order chi connectivity index (χ1) is 12.2. The van der Waals surface area contributed by atoms with E-state index in [-0.39, 0.29) is 11.8 Å². The Bertz CT molecular complexity index is 854. The maximum Gasteiger partial charge on any atom is 0.336 e. The smallest absolute Gasteiger partial charge is 0.336 e. The van der Waals surface area contributed by atoms with Crippen molar-refractivity contribution in [2.45, 2.75) is 31.5 Å². The molecule has 0 saturated heterocycles. The van der Waals surface area contributed by atoms with E-state index in [0.29, 0.717) is 24.1 Å². The van der Waals surface area contributed by atoms with E-state index in [2.05, 4.69) is 20.2 Å². The molecule has 2 atom stereocenters. The second-order valence-corrected chi connectivity index (χ2v) is 5.90. The van der Waals surface area contributed by atoms with Crippen LogP contribution in [0.2, 0.25) is 0 Å². The molecule has 4 rings (SSSR count). The molecule has 0 aliphatic heterocycles. The maximum absolute atomic E-state index is 13.6. The zero-order chi connectivity index (χ0) is 17.2. The summed E-state index contributed by atoms with van der Waals surface area (Å²) >= 11 is 0. The van der Waals surface area contributed by atoms with E-state index >= 15 is 0 Å². The quantitative estimate of drug-likeness (QED) is 0.785. The van der Waals surface area contributed by atoms with E-state index in [9.17, 15) is 9.50 Å². The average Bonchev–Trinajstić information content (AvgIpc) is 3.28. The van der Waals surface area contributed by atoms with Crippen molar-refractivity contribution in [1.82, 2.24) is 24.7 Å². The standard InChI is InChI=1S/C17H16FN5O2/c18-13-2-1-3-16(13)25-17-20-9-14(21-22-17)12-5-4-11(8-15(12)24)23-7-6-19-10-23/h4-10,13,16,24H,1-3H2/t13-,16-/m0/s1. The number of alkyl halides is 1. The fourth-order valence-electron chi connectivity index (χ4n) is 2.90. The van der Waals surface area contributed by atoms with Gasteiger partial charge in [-0.2, -0.15) is 0 Å². The summed E-state index contributed by atoms with van der Waals surface area (Å²) in [7, 11) is 0. The zero-order valence-corrected chi connectivity index (χ0v) is 13.3. The molecule has 1 fully saturated rings. The molecule has 2 heterocycles. The summed E-state index contributed by atoms with van der Waals surface area (Å²) in [6.07, 6.45) is 7.01. The summed E-state index contributed by atoms with van der Waals surface area (Å²) in [4.78, 5) is 8.05. The molecule has 25 heavy (non-hydrogen) atoms. The van der Waals surface area contributed by atoms with Gasteiger partial charge in [-0.3, -0.25) is 0 Å². The van der Waals surface area contributed by atoms with Gasteiger partial charge in [-0.05, 0) is 31.4 Å². The number of ether oxygens (including phenoxy) is 1. The van der Waals surface area contributed by atoms with E-state index < -0.39 is 12.3 Å². The Kier molecular flexibility index (Phi) is 4.01. The van der Waals surface area contributed by atoms with Crippen LogP contribution in [-0.2, 0) is 0 Å². The van der Waals surface area contributed by atoms with Crippen LogP contribution in [0.5, 0.6) is 11.8 Å². The third-order valence-electron chi connectivity index (χ3n) is 4.23. The lowest BCUT2D eigenvalue weighted by molar-refractivity contribution is 0.113. The van der Waals surface area contributed by atoms with E-state index in [1.165, 1.54) is 6.20 Å². The Morgan fingerprint density at radius 3 is 2.80 bits per heavy atom. The van der Waals surface area contributed by atoms with Crippen molar-refractivity contribution in [3.63, 3.8) is 0 Å². The normalized spacial score (nSPS) is 19.9. The number of aromatic nitrogens is 5. The first-order valence-corrected chi connectivity index (χ1v) is 8.03. The molecule has 0 amide bonds. The highest BCUT2D eigenvalue weighted by atomic mass is 19.1. The SMILES string of the molecule is Oc1cc(-n2ccnc2)ccc1-c1cnc(O[C@H]2CCC[C@@H]2F)nn1. The van der Waals surface area contributed by atoms with Crippen molar-refractivity contribution in [3.05, 3.63) is 43.1 Å². The zero-order valence-electron chi connectivity index (χ0n) is 13.3. The molecule has 0 unspecified atom stereocenters. The molecule has 1 aromatic carbocycles. The van der Waals surface area contributed by atoms with Crippen molar-refractivity contribution in [1.29, 1.82) is 0 Å². The molecule has 1 N–H and O–H groups in total. The molecule has 1 aliphatic rings.